The van der Waals surface area contributed by atoms with E-state index in [0.717, 1.165) is 25.2 Å². The molecule has 0 aliphatic rings. The first kappa shape index (κ1) is 10.4. The van der Waals surface area contributed by atoms with Crippen LogP contribution < -0.4 is 5.32 Å². The Balaban J connectivity index is 1.67. The Morgan fingerprint density at radius 1 is 1.47 bits per heavy atom. The third kappa shape index (κ3) is 3.18. The number of aromatic nitrogens is 2. The van der Waals surface area contributed by atoms with Crippen molar-refractivity contribution in [3.63, 3.8) is 0 Å². The van der Waals surface area contributed by atoms with Crippen molar-refractivity contribution in [3.8, 4) is 0 Å². The molecule has 2 rings (SSSR count). The molecule has 0 spiro atoms. The molecule has 0 saturated heterocycles. The molecule has 0 aromatic carbocycles. The number of hydrogen-bond donors (Lipinski definition) is 1. The van der Waals surface area contributed by atoms with E-state index >= 15 is 0 Å². The van der Waals surface area contributed by atoms with E-state index in [0.29, 0.717) is 0 Å². The quantitative estimate of drug-likeness (QED) is 0.780. The van der Waals surface area contributed by atoms with Crippen LogP contribution in [0.5, 0.6) is 0 Å². The number of rotatable bonds is 5. The van der Waals surface area contributed by atoms with Crippen LogP contribution in [0.15, 0.2) is 29.1 Å². The van der Waals surface area contributed by atoms with Gasteiger partial charge in [-0.25, -0.2) is 0 Å². The van der Waals surface area contributed by atoms with Gasteiger partial charge in [0.1, 0.15) is 0 Å². The Kier molecular flexibility index (Phi) is 3.53. The van der Waals surface area contributed by atoms with E-state index in [1.54, 1.807) is 11.3 Å². The molecule has 2 aromatic heterocycles. The highest BCUT2D eigenvalue weighted by Crippen LogP contribution is 2.04. The SMILES string of the molecule is Cn1ccc(CCNCc2ccsc2)n1. The maximum atomic E-state index is 4.32. The second kappa shape index (κ2) is 5.09. The smallest absolute Gasteiger partial charge is 0.0637 e. The van der Waals surface area contributed by atoms with Crippen molar-refractivity contribution >= 4 is 11.3 Å². The van der Waals surface area contributed by atoms with Crippen LogP contribution in [0.3, 0.4) is 0 Å². The largest absolute Gasteiger partial charge is 0.312 e. The van der Waals surface area contributed by atoms with E-state index in [2.05, 4.69) is 33.3 Å². The summed E-state index contributed by atoms with van der Waals surface area (Å²) in [5, 5.41) is 12.0. The van der Waals surface area contributed by atoms with Crippen molar-refractivity contribution in [2.24, 2.45) is 7.05 Å². The number of thiophene rings is 1. The molecule has 0 saturated carbocycles. The van der Waals surface area contributed by atoms with Crippen LogP contribution in [0.4, 0.5) is 0 Å². The molecule has 80 valence electrons. The van der Waals surface area contributed by atoms with Crippen molar-refractivity contribution in [3.05, 3.63) is 40.3 Å². The fraction of sp³-hybridized carbons (Fsp3) is 0.364. The van der Waals surface area contributed by atoms with Gasteiger partial charge in [-0.05, 0) is 28.5 Å². The molecule has 0 atom stereocenters. The van der Waals surface area contributed by atoms with Crippen molar-refractivity contribution < 1.29 is 0 Å². The molecule has 2 heterocycles. The number of nitrogens with zero attached hydrogens (tertiary/aromatic N) is 2. The van der Waals surface area contributed by atoms with Crippen LogP contribution in [0.2, 0.25) is 0 Å². The van der Waals surface area contributed by atoms with Gasteiger partial charge in [0.2, 0.25) is 0 Å². The van der Waals surface area contributed by atoms with E-state index in [1.807, 2.05) is 17.9 Å². The van der Waals surface area contributed by atoms with Crippen LogP contribution in [-0.4, -0.2) is 16.3 Å². The lowest BCUT2D eigenvalue weighted by Crippen LogP contribution is -2.16. The molecule has 1 N–H and O–H groups in total. The summed E-state index contributed by atoms with van der Waals surface area (Å²) < 4.78 is 1.84. The Labute approximate surface area is 93.7 Å². The highest BCUT2D eigenvalue weighted by molar-refractivity contribution is 7.07. The van der Waals surface area contributed by atoms with Gasteiger partial charge in [-0.15, -0.1) is 0 Å². The maximum absolute atomic E-state index is 4.32. The van der Waals surface area contributed by atoms with Gasteiger partial charge in [-0.1, -0.05) is 0 Å². The van der Waals surface area contributed by atoms with E-state index in [4.69, 9.17) is 0 Å². The van der Waals surface area contributed by atoms with Gasteiger partial charge in [0, 0.05) is 32.8 Å². The second-order valence-corrected chi connectivity index (χ2v) is 4.32. The Bertz CT molecular complexity index is 392. The Morgan fingerprint density at radius 2 is 2.40 bits per heavy atom. The van der Waals surface area contributed by atoms with Gasteiger partial charge in [-0.2, -0.15) is 16.4 Å². The third-order valence-corrected chi connectivity index (χ3v) is 2.97. The van der Waals surface area contributed by atoms with Crippen molar-refractivity contribution in [2.45, 2.75) is 13.0 Å². The van der Waals surface area contributed by atoms with Crippen LogP contribution in [-0.2, 0) is 20.0 Å². The summed E-state index contributed by atoms with van der Waals surface area (Å²) in [5.41, 5.74) is 2.51. The maximum Gasteiger partial charge on any atom is 0.0637 e. The molecule has 0 bridgehead atoms. The Morgan fingerprint density at radius 3 is 3.07 bits per heavy atom. The molecular formula is C11H15N3S. The lowest BCUT2D eigenvalue weighted by atomic mass is 10.3. The first-order chi connectivity index (χ1) is 7.34. The minimum atomic E-state index is 0.955. The number of hydrogen-bond acceptors (Lipinski definition) is 3. The molecule has 2 aromatic rings. The lowest BCUT2D eigenvalue weighted by Gasteiger charge is -2.00. The van der Waals surface area contributed by atoms with Gasteiger partial charge in [0.05, 0.1) is 5.69 Å². The molecule has 0 fully saturated rings. The molecule has 0 unspecified atom stereocenters. The van der Waals surface area contributed by atoms with E-state index in [1.165, 1.54) is 5.56 Å². The third-order valence-electron chi connectivity index (χ3n) is 2.24. The minimum absolute atomic E-state index is 0.955. The normalized spacial score (nSPS) is 10.7. The first-order valence-electron chi connectivity index (χ1n) is 5.05. The zero-order chi connectivity index (χ0) is 10.5. The summed E-state index contributed by atoms with van der Waals surface area (Å²) in [6, 6.07) is 4.21. The monoisotopic (exact) mass is 221 g/mol. The predicted octanol–water partition coefficient (Wildman–Crippen LogP) is 1.81. The average molecular weight is 221 g/mol. The van der Waals surface area contributed by atoms with Crippen molar-refractivity contribution in [2.75, 3.05) is 6.54 Å². The zero-order valence-electron chi connectivity index (χ0n) is 8.81. The molecule has 3 nitrogen and oxygen atoms in total. The summed E-state index contributed by atoms with van der Waals surface area (Å²) in [6.07, 6.45) is 2.97. The van der Waals surface area contributed by atoms with E-state index in [9.17, 15) is 0 Å². The highest BCUT2D eigenvalue weighted by Gasteiger charge is 1.96. The average Bonchev–Trinajstić information content (AvgIpc) is 2.84. The summed E-state index contributed by atoms with van der Waals surface area (Å²) >= 11 is 1.74. The van der Waals surface area contributed by atoms with Crippen LogP contribution in [0.1, 0.15) is 11.3 Å². The molecule has 4 heteroatoms. The van der Waals surface area contributed by atoms with Crippen molar-refractivity contribution in [1.29, 1.82) is 0 Å². The van der Waals surface area contributed by atoms with Gasteiger partial charge in [0.15, 0.2) is 0 Å². The summed E-state index contributed by atoms with van der Waals surface area (Å²) in [6.45, 7) is 1.93. The molecule has 0 aliphatic carbocycles. The van der Waals surface area contributed by atoms with Gasteiger partial charge < -0.3 is 5.32 Å². The van der Waals surface area contributed by atoms with Gasteiger partial charge in [-0.3, -0.25) is 4.68 Å². The molecular weight excluding hydrogens is 206 g/mol. The zero-order valence-corrected chi connectivity index (χ0v) is 9.63. The molecule has 15 heavy (non-hydrogen) atoms. The van der Waals surface area contributed by atoms with E-state index < -0.39 is 0 Å². The van der Waals surface area contributed by atoms with Crippen molar-refractivity contribution in [1.82, 2.24) is 15.1 Å². The summed E-state index contributed by atoms with van der Waals surface area (Å²) in [5.74, 6) is 0. The second-order valence-electron chi connectivity index (χ2n) is 3.54. The fourth-order valence-electron chi connectivity index (χ4n) is 1.44. The van der Waals surface area contributed by atoms with Crippen LogP contribution in [0, 0.1) is 0 Å². The molecule has 0 aliphatic heterocycles. The fourth-order valence-corrected chi connectivity index (χ4v) is 2.11. The predicted molar refractivity (Wildman–Crippen MR) is 62.9 cm³/mol. The number of aryl methyl sites for hydroxylation is 1. The topological polar surface area (TPSA) is 29.9 Å². The van der Waals surface area contributed by atoms with Crippen LogP contribution >= 0.6 is 11.3 Å². The van der Waals surface area contributed by atoms with E-state index in [-0.39, 0.29) is 0 Å². The highest BCUT2D eigenvalue weighted by atomic mass is 32.1. The minimum Gasteiger partial charge on any atom is -0.312 e. The summed E-state index contributed by atoms with van der Waals surface area (Å²) in [7, 11) is 1.95. The van der Waals surface area contributed by atoms with Gasteiger partial charge in [0.25, 0.3) is 0 Å². The first-order valence-corrected chi connectivity index (χ1v) is 5.99. The Hall–Kier alpha value is -1.13. The molecule has 0 radical (unpaired) electrons. The molecule has 0 amide bonds. The standard InChI is InChI=1S/C11H15N3S/c1-14-6-3-11(13-14)2-5-12-8-10-4-7-15-9-10/h3-4,6-7,9,12H,2,5,8H2,1H3. The lowest BCUT2D eigenvalue weighted by molar-refractivity contribution is 0.666. The number of nitrogens with one attached hydrogen (secondary N) is 1. The van der Waals surface area contributed by atoms with Gasteiger partial charge >= 0.3 is 0 Å². The summed E-state index contributed by atoms with van der Waals surface area (Å²) in [4.78, 5) is 0. The van der Waals surface area contributed by atoms with Crippen LogP contribution in [0.25, 0.3) is 0 Å².